The summed E-state index contributed by atoms with van der Waals surface area (Å²) in [6, 6.07) is 7.38. The lowest BCUT2D eigenvalue weighted by Gasteiger charge is -2.09. The summed E-state index contributed by atoms with van der Waals surface area (Å²) in [5.74, 6) is 0.624. The molecule has 106 valence electrons. The molecule has 0 spiro atoms. The average Bonchev–Trinajstić information content (AvgIpc) is 2.96. The monoisotopic (exact) mass is 320 g/mol. The lowest BCUT2D eigenvalue weighted by Crippen LogP contribution is -2.07. The van der Waals surface area contributed by atoms with Crippen LogP contribution >= 0.6 is 23.2 Å². The van der Waals surface area contributed by atoms with Gasteiger partial charge in [-0.3, -0.25) is 0 Å². The summed E-state index contributed by atoms with van der Waals surface area (Å²) < 4.78 is 1.50. The fourth-order valence-corrected chi connectivity index (χ4v) is 2.06. The molecule has 3 rings (SSSR count). The summed E-state index contributed by atoms with van der Waals surface area (Å²) in [6.45, 7) is 1.97. The molecule has 0 unspecified atom stereocenters. The van der Waals surface area contributed by atoms with Crippen LogP contribution in [0.5, 0.6) is 0 Å². The largest absolute Gasteiger partial charge is 0.323 e. The van der Waals surface area contributed by atoms with Gasteiger partial charge in [0.05, 0.1) is 10.7 Å². The molecule has 3 aromatic rings. The summed E-state index contributed by atoms with van der Waals surface area (Å²) >= 11 is 12.1. The molecule has 0 aliphatic heterocycles. The second-order valence-electron chi connectivity index (χ2n) is 4.29. The summed E-state index contributed by atoms with van der Waals surface area (Å²) in [5, 5.41) is 7.73. The maximum absolute atomic E-state index is 6.14. The Balaban J connectivity index is 1.97. The van der Waals surface area contributed by atoms with E-state index in [0.717, 1.165) is 5.56 Å². The van der Waals surface area contributed by atoms with E-state index in [4.69, 9.17) is 23.2 Å². The Hall–Kier alpha value is -2.18. The molecule has 0 saturated carbocycles. The molecule has 0 aliphatic rings. The van der Waals surface area contributed by atoms with E-state index in [2.05, 4.69) is 25.4 Å². The summed E-state index contributed by atoms with van der Waals surface area (Å²) in [4.78, 5) is 12.3. The van der Waals surface area contributed by atoms with E-state index >= 15 is 0 Å². The first-order valence-corrected chi connectivity index (χ1v) is 6.82. The Morgan fingerprint density at radius 1 is 1.14 bits per heavy atom. The number of nitrogens with zero attached hydrogens (tertiary/aromatic N) is 5. The third kappa shape index (κ3) is 3.12. The Labute approximate surface area is 130 Å². The van der Waals surface area contributed by atoms with Crippen LogP contribution in [0.15, 0.2) is 36.7 Å². The van der Waals surface area contributed by atoms with E-state index in [1.54, 1.807) is 24.5 Å². The van der Waals surface area contributed by atoms with Gasteiger partial charge in [0, 0.05) is 12.4 Å². The van der Waals surface area contributed by atoms with Gasteiger partial charge in [0.2, 0.25) is 11.2 Å². The molecular formula is C13H10Cl2N6. The van der Waals surface area contributed by atoms with Crippen LogP contribution in [0.3, 0.4) is 0 Å². The van der Waals surface area contributed by atoms with Gasteiger partial charge in [-0.05, 0) is 42.3 Å². The molecule has 6 nitrogen and oxygen atoms in total. The number of nitrogens with one attached hydrogen (secondary N) is 1. The molecule has 1 aromatic carbocycles. The topological polar surface area (TPSA) is 68.5 Å². The van der Waals surface area contributed by atoms with Crippen LogP contribution in [0.2, 0.25) is 10.3 Å². The lowest BCUT2D eigenvalue weighted by molar-refractivity contribution is 0.798. The number of halogens is 2. The Bertz CT molecular complexity index is 772. The van der Waals surface area contributed by atoms with E-state index in [1.807, 2.05) is 19.1 Å². The third-order valence-electron chi connectivity index (χ3n) is 2.67. The van der Waals surface area contributed by atoms with Crippen molar-refractivity contribution in [1.29, 1.82) is 0 Å². The summed E-state index contributed by atoms with van der Waals surface area (Å²) in [6.07, 6.45) is 3.34. The van der Waals surface area contributed by atoms with Crippen molar-refractivity contribution in [2.75, 3.05) is 5.32 Å². The van der Waals surface area contributed by atoms with Crippen molar-refractivity contribution >= 4 is 34.8 Å². The molecule has 0 amide bonds. The highest BCUT2D eigenvalue weighted by Gasteiger charge is 2.09. The highest BCUT2D eigenvalue weighted by Crippen LogP contribution is 2.25. The van der Waals surface area contributed by atoms with E-state index in [1.165, 1.54) is 4.68 Å². The van der Waals surface area contributed by atoms with E-state index in [9.17, 15) is 0 Å². The Morgan fingerprint density at radius 2 is 2.00 bits per heavy atom. The average molecular weight is 321 g/mol. The summed E-state index contributed by atoms with van der Waals surface area (Å²) in [7, 11) is 0. The maximum atomic E-state index is 6.14. The van der Waals surface area contributed by atoms with Gasteiger partial charge in [-0.2, -0.15) is 20.1 Å². The van der Waals surface area contributed by atoms with Crippen molar-refractivity contribution in [2.24, 2.45) is 0 Å². The quantitative estimate of drug-likeness (QED) is 0.800. The number of rotatable bonds is 3. The number of benzene rings is 1. The normalized spacial score (nSPS) is 10.6. The van der Waals surface area contributed by atoms with Crippen molar-refractivity contribution in [1.82, 2.24) is 24.7 Å². The standard InChI is InChI=1S/C13H10Cl2N6/c1-8-3-4-9(14)10(7-8)17-12-18-11(15)19-13(20-12)21-6-2-5-16-21/h2-7H,1H3,(H,17,18,19,20). The predicted octanol–water partition coefficient (Wildman–Crippen LogP) is 3.42. The SMILES string of the molecule is Cc1ccc(Cl)c(Nc2nc(Cl)nc(-n3cccn3)n2)c1. The van der Waals surface area contributed by atoms with E-state index in [-0.39, 0.29) is 5.28 Å². The van der Waals surface area contributed by atoms with Crippen LogP contribution in [0.25, 0.3) is 5.95 Å². The van der Waals surface area contributed by atoms with Gasteiger partial charge in [-0.25, -0.2) is 4.68 Å². The molecule has 0 bridgehead atoms. The first-order chi connectivity index (χ1) is 10.1. The molecule has 0 fully saturated rings. The smallest absolute Gasteiger partial charge is 0.256 e. The number of hydrogen-bond acceptors (Lipinski definition) is 5. The van der Waals surface area contributed by atoms with Crippen molar-refractivity contribution in [2.45, 2.75) is 6.92 Å². The molecule has 8 heteroatoms. The zero-order chi connectivity index (χ0) is 14.8. The van der Waals surface area contributed by atoms with Gasteiger partial charge in [0.1, 0.15) is 0 Å². The van der Waals surface area contributed by atoms with Gasteiger partial charge in [-0.1, -0.05) is 17.7 Å². The number of hydrogen-bond donors (Lipinski definition) is 1. The maximum Gasteiger partial charge on any atom is 0.256 e. The van der Waals surface area contributed by atoms with Gasteiger partial charge >= 0.3 is 0 Å². The molecule has 21 heavy (non-hydrogen) atoms. The molecule has 0 radical (unpaired) electrons. The first-order valence-electron chi connectivity index (χ1n) is 6.06. The lowest BCUT2D eigenvalue weighted by atomic mass is 10.2. The number of anilines is 2. The predicted molar refractivity (Wildman–Crippen MR) is 81.4 cm³/mol. The fourth-order valence-electron chi connectivity index (χ4n) is 1.74. The highest BCUT2D eigenvalue weighted by molar-refractivity contribution is 6.33. The van der Waals surface area contributed by atoms with Crippen molar-refractivity contribution in [3.05, 3.63) is 52.5 Å². The molecule has 2 heterocycles. The van der Waals surface area contributed by atoms with Gasteiger partial charge in [0.25, 0.3) is 5.95 Å². The molecular weight excluding hydrogens is 311 g/mol. The van der Waals surface area contributed by atoms with Crippen molar-refractivity contribution in [3.8, 4) is 5.95 Å². The highest BCUT2D eigenvalue weighted by atomic mass is 35.5. The zero-order valence-electron chi connectivity index (χ0n) is 11.0. The van der Waals surface area contributed by atoms with Gasteiger partial charge < -0.3 is 5.32 Å². The minimum Gasteiger partial charge on any atom is -0.323 e. The Kier molecular flexibility index (Phi) is 3.72. The summed E-state index contributed by atoms with van der Waals surface area (Å²) in [5.41, 5.74) is 1.76. The third-order valence-corrected chi connectivity index (χ3v) is 3.17. The molecule has 0 saturated heterocycles. The molecule has 2 aromatic heterocycles. The van der Waals surface area contributed by atoms with Crippen LogP contribution in [0.1, 0.15) is 5.56 Å². The number of aromatic nitrogens is 5. The van der Waals surface area contributed by atoms with Crippen LogP contribution in [-0.4, -0.2) is 24.7 Å². The fraction of sp³-hybridized carbons (Fsp3) is 0.0769. The van der Waals surface area contributed by atoms with Crippen LogP contribution in [-0.2, 0) is 0 Å². The minimum absolute atomic E-state index is 0.0711. The zero-order valence-corrected chi connectivity index (χ0v) is 12.5. The molecule has 1 N–H and O–H groups in total. The second-order valence-corrected chi connectivity index (χ2v) is 5.03. The molecule has 0 aliphatic carbocycles. The van der Waals surface area contributed by atoms with Crippen LogP contribution in [0, 0.1) is 6.92 Å². The van der Waals surface area contributed by atoms with Gasteiger partial charge in [0.15, 0.2) is 0 Å². The van der Waals surface area contributed by atoms with Crippen LogP contribution < -0.4 is 5.32 Å². The number of aryl methyl sites for hydroxylation is 1. The second kappa shape index (κ2) is 5.67. The Morgan fingerprint density at radius 3 is 2.76 bits per heavy atom. The minimum atomic E-state index is 0.0711. The van der Waals surface area contributed by atoms with E-state index in [0.29, 0.717) is 22.6 Å². The molecule has 0 atom stereocenters. The van der Waals surface area contributed by atoms with Gasteiger partial charge in [-0.15, -0.1) is 0 Å². The van der Waals surface area contributed by atoms with Crippen molar-refractivity contribution in [3.63, 3.8) is 0 Å². The van der Waals surface area contributed by atoms with E-state index < -0.39 is 0 Å². The van der Waals surface area contributed by atoms with Crippen molar-refractivity contribution < 1.29 is 0 Å². The van der Waals surface area contributed by atoms with Crippen LogP contribution in [0.4, 0.5) is 11.6 Å². The first kappa shape index (κ1) is 13.8.